The lowest BCUT2D eigenvalue weighted by molar-refractivity contribution is -0.120. The van der Waals surface area contributed by atoms with Crippen molar-refractivity contribution in [2.24, 2.45) is 0 Å². The Labute approximate surface area is 129 Å². The van der Waals surface area contributed by atoms with Gasteiger partial charge in [0.15, 0.2) is 0 Å². The number of benzene rings is 2. The molecule has 1 amide bonds. The number of rotatable bonds is 7. The molecule has 2 aromatic carbocycles. The Hall–Kier alpha value is -2.53. The van der Waals surface area contributed by atoms with E-state index in [1.165, 1.54) is 0 Å². The lowest BCUT2D eigenvalue weighted by atomic mass is 10.2. The van der Waals surface area contributed by atoms with Crippen molar-refractivity contribution < 1.29 is 19.4 Å². The van der Waals surface area contributed by atoms with E-state index in [1.54, 1.807) is 18.2 Å². The Morgan fingerprint density at radius 3 is 2.68 bits per heavy atom. The van der Waals surface area contributed by atoms with Crippen LogP contribution in [0.1, 0.15) is 5.56 Å². The second-order valence-electron chi connectivity index (χ2n) is 4.78. The van der Waals surface area contributed by atoms with Crippen molar-refractivity contribution in [1.82, 2.24) is 0 Å². The van der Waals surface area contributed by atoms with Crippen molar-refractivity contribution in [3.05, 3.63) is 54.1 Å². The molecule has 0 fully saturated rings. The molecule has 0 aliphatic carbocycles. The monoisotopic (exact) mass is 301 g/mol. The van der Waals surface area contributed by atoms with E-state index in [4.69, 9.17) is 9.47 Å². The average Bonchev–Trinajstić information content (AvgIpc) is 2.51. The van der Waals surface area contributed by atoms with Gasteiger partial charge in [-0.25, -0.2) is 0 Å². The Bertz CT molecular complexity index is 613. The van der Waals surface area contributed by atoms with Crippen LogP contribution in [-0.2, 0) is 9.53 Å². The predicted octanol–water partition coefficient (Wildman–Crippen LogP) is 2.73. The number of hydrogen-bond donors (Lipinski definition) is 2. The number of anilines is 1. The first-order valence-corrected chi connectivity index (χ1v) is 7.00. The minimum Gasteiger partial charge on any atom is -0.506 e. The number of phenolic OH excluding ortho intramolecular Hbond substituents is 1. The molecule has 2 rings (SSSR count). The summed E-state index contributed by atoms with van der Waals surface area (Å²) in [5.41, 5.74) is 1.33. The molecule has 0 heterocycles. The van der Waals surface area contributed by atoms with E-state index in [0.717, 1.165) is 11.3 Å². The smallest absolute Gasteiger partial charge is 0.250 e. The highest BCUT2D eigenvalue weighted by Gasteiger charge is 2.06. The van der Waals surface area contributed by atoms with Crippen molar-refractivity contribution >= 4 is 11.6 Å². The van der Waals surface area contributed by atoms with E-state index in [-0.39, 0.29) is 18.3 Å². The first-order chi connectivity index (χ1) is 10.6. The van der Waals surface area contributed by atoms with Crippen LogP contribution in [0.3, 0.4) is 0 Å². The van der Waals surface area contributed by atoms with Gasteiger partial charge in [0.1, 0.15) is 24.7 Å². The molecule has 2 N–H and O–H groups in total. The molecule has 2 aromatic rings. The third-order valence-electron chi connectivity index (χ3n) is 2.90. The van der Waals surface area contributed by atoms with Gasteiger partial charge in [-0.15, -0.1) is 0 Å². The minimum atomic E-state index is -0.319. The van der Waals surface area contributed by atoms with Gasteiger partial charge in [0.2, 0.25) is 5.91 Å². The van der Waals surface area contributed by atoms with Crippen LogP contribution in [0.5, 0.6) is 11.5 Å². The molecular weight excluding hydrogens is 282 g/mol. The molecule has 0 atom stereocenters. The highest BCUT2D eigenvalue weighted by molar-refractivity contribution is 5.93. The number of amides is 1. The zero-order valence-corrected chi connectivity index (χ0v) is 12.4. The summed E-state index contributed by atoms with van der Waals surface area (Å²) in [4.78, 5) is 11.7. The molecule has 22 heavy (non-hydrogen) atoms. The van der Waals surface area contributed by atoms with Gasteiger partial charge in [-0.3, -0.25) is 4.79 Å². The lowest BCUT2D eigenvalue weighted by Gasteiger charge is -2.09. The van der Waals surface area contributed by atoms with Gasteiger partial charge in [0, 0.05) is 0 Å². The largest absolute Gasteiger partial charge is 0.506 e. The molecule has 0 unspecified atom stereocenters. The van der Waals surface area contributed by atoms with Crippen LogP contribution >= 0.6 is 0 Å². The number of para-hydroxylation sites is 1. The van der Waals surface area contributed by atoms with Gasteiger partial charge in [-0.1, -0.05) is 24.3 Å². The van der Waals surface area contributed by atoms with E-state index in [2.05, 4.69) is 5.32 Å². The molecule has 0 aliphatic heterocycles. The fourth-order valence-electron chi connectivity index (χ4n) is 1.84. The van der Waals surface area contributed by atoms with Crippen LogP contribution in [0.25, 0.3) is 0 Å². The molecule has 0 bridgehead atoms. The van der Waals surface area contributed by atoms with Crippen LogP contribution < -0.4 is 10.1 Å². The molecule has 116 valence electrons. The number of carbonyl (C=O) groups excluding carboxylic acids is 1. The van der Waals surface area contributed by atoms with Gasteiger partial charge in [0.05, 0.1) is 12.3 Å². The molecule has 5 heteroatoms. The fraction of sp³-hybridized carbons (Fsp3) is 0.235. The van der Waals surface area contributed by atoms with Gasteiger partial charge < -0.3 is 19.9 Å². The summed E-state index contributed by atoms with van der Waals surface area (Å²) in [5.74, 6) is 0.479. The molecular formula is C17H19NO4. The van der Waals surface area contributed by atoms with Gasteiger partial charge in [-0.2, -0.15) is 0 Å². The van der Waals surface area contributed by atoms with E-state index >= 15 is 0 Å². The summed E-state index contributed by atoms with van der Waals surface area (Å²) in [6, 6.07) is 14.4. The number of hydrogen-bond acceptors (Lipinski definition) is 4. The van der Waals surface area contributed by atoms with E-state index in [9.17, 15) is 9.90 Å². The second kappa shape index (κ2) is 8.05. The number of ether oxygens (including phenoxy) is 2. The number of aryl methyl sites for hydroxylation is 1. The summed E-state index contributed by atoms with van der Waals surface area (Å²) < 4.78 is 10.7. The number of aromatic hydroxyl groups is 1. The summed E-state index contributed by atoms with van der Waals surface area (Å²) >= 11 is 0. The molecule has 0 radical (unpaired) electrons. The van der Waals surface area contributed by atoms with Crippen LogP contribution in [0.4, 0.5) is 5.69 Å². The first kappa shape index (κ1) is 15.9. The second-order valence-corrected chi connectivity index (χ2v) is 4.78. The van der Waals surface area contributed by atoms with E-state index < -0.39 is 0 Å². The van der Waals surface area contributed by atoms with Gasteiger partial charge in [-0.05, 0) is 36.8 Å². The topological polar surface area (TPSA) is 67.8 Å². The van der Waals surface area contributed by atoms with Crippen LogP contribution in [-0.4, -0.2) is 30.8 Å². The van der Waals surface area contributed by atoms with Crippen molar-refractivity contribution in [3.63, 3.8) is 0 Å². The maximum Gasteiger partial charge on any atom is 0.250 e. The SMILES string of the molecule is Cc1ccc(O)c(NC(=O)COCCOc2ccccc2)c1. The standard InChI is InChI=1S/C17H19NO4/c1-13-7-8-16(19)15(11-13)18-17(20)12-21-9-10-22-14-5-3-2-4-6-14/h2-8,11,19H,9-10,12H2,1H3,(H,18,20). The summed E-state index contributed by atoms with van der Waals surface area (Å²) in [7, 11) is 0. The van der Waals surface area contributed by atoms with E-state index in [0.29, 0.717) is 18.9 Å². The third kappa shape index (κ3) is 5.10. The lowest BCUT2D eigenvalue weighted by Crippen LogP contribution is -2.20. The zero-order valence-electron chi connectivity index (χ0n) is 12.4. The molecule has 0 spiro atoms. The van der Waals surface area contributed by atoms with Crippen molar-refractivity contribution in [3.8, 4) is 11.5 Å². The quantitative estimate of drug-likeness (QED) is 0.609. The van der Waals surface area contributed by atoms with Gasteiger partial charge >= 0.3 is 0 Å². The average molecular weight is 301 g/mol. The third-order valence-corrected chi connectivity index (χ3v) is 2.90. The van der Waals surface area contributed by atoms with Crippen molar-refractivity contribution in [1.29, 1.82) is 0 Å². The molecule has 0 saturated heterocycles. The summed E-state index contributed by atoms with van der Waals surface area (Å²) in [6.45, 7) is 2.47. The van der Waals surface area contributed by atoms with Crippen LogP contribution in [0.2, 0.25) is 0 Å². The normalized spacial score (nSPS) is 10.2. The fourth-order valence-corrected chi connectivity index (χ4v) is 1.84. The first-order valence-electron chi connectivity index (χ1n) is 7.00. The van der Waals surface area contributed by atoms with Crippen LogP contribution in [0.15, 0.2) is 48.5 Å². The number of nitrogens with one attached hydrogen (secondary N) is 1. The maximum atomic E-state index is 11.7. The molecule has 0 saturated carbocycles. The Kier molecular flexibility index (Phi) is 5.80. The van der Waals surface area contributed by atoms with Crippen molar-refractivity contribution in [2.45, 2.75) is 6.92 Å². The maximum absolute atomic E-state index is 11.7. The van der Waals surface area contributed by atoms with E-state index in [1.807, 2.05) is 37.3 Å². The highest BCUT2D eigenvalue weighted by Crippen LogP contribution is 2.23. The molecule has 0 aliphatic rings. The Morgan fingerprint density at radius 1 is 1.14 bits per heavy atom. The van der Waals surface area contributed by atoms with Crippen molar-refractivity contribution in [2.75, 3.05) is 25.1 Å². The summed E-state index contributed by atoms with van der Waals surface area (Å²) in [6.07, 6.45) is 0. The predicted molar refractivity (Wildman–Crippen MR) is 84.2 cm³/mol. The highest BCUT2D eigenvalue weighted by atomic mass is 16.5. The minimum absolute atomic E-state index is 0.0337. The van der Waals surface area contributed by atoms with Gasteiger partial charge in [0.25, 0.3) is 0 Å². The zero-order chi connectivity index (χ0) is 15.8. The number of carbonyl (C=O) groups is 1. The molecule has 5 nitrogen and oxygen atoms in total. The summed E-state index contributed by atoms with van der Waals surface area (Å²) in [5, 5.41) is 12.2. The molecule has 0 aromatic heterocycles. The number of phenols is 1. The Balaban J connectivity index is 1.66. The van der Waals surface area contributed by atoms with Crippen LogP contribution in [0, 0.1) is 6.92 Å². The Morgan fingerprint density at radius 2 is 1.91 bits per heavy atom.